The summed E-state index contributed by atoms with van der Waals surface area (Å²) in [6.07, 6.45) is 11.9. The summed E-state index contributed by atoms with van der Waals surface area (Å²) >= 11 is 0. The third-order valence-corrected chi connectivity index (χ3v) is 3.93. The molecule has 1 heteroatoms. The largest absolute Gasteiger partial charge is 0.351 e. The molecule has 0 amide bonds. The zero-order chi connectivity index (χ0) is 18.1. The van der Waals surface area contributed by atoms with Crippen molar-refractivity contribution in [2.45, 2.75) is 27.2 Å². The highest BCUT2D eigenvalue weighted by molar-refractivity contribution is 5.82. The molecule has 1 aromatic heterocycles. The van der Waals surface area contributed by atoms with Crippen molar-refractivity contribution in [1.82, 2.24) is 4.57 Å². The van der Waals surface area contributed by atoms with Crippen LogP contribution in [0.3, 0.4) is 0 Å². The van der Waals surface area contributed by atoms with Crippen LogP contribution in [0.1, 0.15) is 38.3 Å². The predicted molar refractivity (Wildman–Crippen MR) is 113 cm³/mol. The van der Waals surface area contributed by atoms with Gasteiger partial charge in [0.15, 0.2) is 0 Å². The van der Waals surface area contributed by atoms with E-state index in [4.69, 9.17) is 0 Å². The van der Waals surface area contributed by atoms with E-state index in [1.807, 2.05) is 6.07 Å². The van der Waals surface area contributed by atoms with Crippen LogP contribution in [0.2, 0.25) is 0 Å². The molecule has 0 spiro atoms. The number of fused-ring (bicyclic) bond motifs is 1. The van der Waals surface area contributed by atoms with E-state index in [2.05, 4.69) is 111 Å². The molecular formula is C24H29N. The van der Waals surface area contributed by atoms with Gasteiger partial charge in [-0.15, -0.1) is 0 Å². The monoisotopic (exact) mass is 331 g/mol. The van der Waals surface area contributed by atoms with Crippen LogP contribution in [0.15, 0.2) is 72.9 Å². The Morgan fingerprint density at radius 3 is 2.36 bits per heavy atom. The molecule has 130 valence electrons. The standard InChI is InChI=1S/C13H15N.C11H14/c1-3-4-5-11-6-7-13-12(10-11)8-9-14(13)2;1-10(2)8-9-11-6-4-3-5-7-11/h4-10H,3H2,1-2H3;3-10H,1-2H3/b5-4-;9-8-. The zero-order valence-electron chi connectivity index (χ0n) is 15.8. The molecule has 0 aliphatic rings. The second-order valence-electron chi connectivity index (χ2n) is 6.57. The van der Waals surface area contributed by atoms with E-state index < -0.39 is 0 Å². The number of allylic oxidation sites excluding steroid dienone is 2. The average molecular weight is 332 g/mol. The highest BCUT2D eigenvalue weighted by Gasteiger charge is 1.96. The number of nitrogens with zero attached hydrogens (tertiary/aromatic N) is 1. The van der Waals surface area contributed by atoms with Gasteiger partial charge in [0.1, 0.15) is 0 Å². The SMILES string of the molecule is CC(C)/C=C\c1ccccc1.CC/C=C\c1ccc2c(ccn2C)c1. The van der Waals surface area contributed by atoms with Crippen LogP contribution in [0.25, 0.3) is 23.1 Å². The molecule has 1 heterocycles. The maximum Gasteiger partial charge on any atom is 0.0478 e. The molecule has 0 unspecified atom stereocenters. The summed E-state index contributed by atoms with van der Waals surface area (Å²) in [5, 5.41) is 1.31. The van der Waals surface area contributed by atoms with E-state index in [1.165, 1.54) is 22.0 Å². The number of benzene rings is 2. The lowest BCUT2D eigenvalue weighted by Gasteiger charge is -1.97. The minimum atomic E-state index is 0.634. The molecule has 1 nitrogen and oxygen atoms in total. The van der Waals surface area contributed by atoms with Crippen molar-refractivity contribution >= 4 is 23.1 Å². The Kier molecular flexibility index (Phi) is 7.28. The normalized spacial score (nSPS) is 11.4. The van der Waals surface area contributed by atoms with Gasteiger partial charge >= 0.3 is 0 Å². The Balaban J connectivity index is 0.000000186. The molecule has 0 aliphatic heterocycles. The quantitative estimate of drug-likeness (QED) is 0.487. The summed E-state index contributed by atoms with van der Waals surface area (Å²) in [6.45, 7) is 6.51. The number of hydrogen-bond acceptors (Lipinski definition) is 0. The zero-order valence-corrected chi connectivity index (χ0v) is 15.8. The van der Waals surface area contributed by atoms with E-state index in [0.717, 1.165) is 6.42 Å². The second kappa shape index (κ2) is 9.68. The second-order valence-corrected chi connectivity index (χ2v) is 6.57. The molecule has 0 atom stereocenters. The maximum absolute atomic E-state index is 2.22. The highest BCUT2D eigenvalue weighted by atomic mass is 14.9. The maximum atomic E-state index is 2.22. The van der Waals surface area contributed by atoms with Crippen LogP contribution >= 0.6 is 0 Å². The third kappa shape index (κ3) is 6.11. The molecule has 2 aromatic carbocycles. The minimum Gasteiger partial charge on any atom is -0.351 e. The fourth-order valence-corrected chi connectivity index (χ4v) is 2.53. The van der Waals surface area contributed by atoms with Crippen LogP contribution in [0, 0.1) is 5.92 Å². The molecule has 0 fully saturated rings. The van der Waals surface area contributed by atoms with Gasteiger partial charge in [0, 0.05) is 24.1 Å². The molecule has 0 saturated carbocycles. The van der Waals surface area contributed by atoms with Gasteiger partial charge in [-0.3, -0.25) is 0 Å². The van der Waals surface area contributed by atoms with Crippen LogP contribution in [-0.4, -0.2) is 4.57 Å². The Morgan fingerprint density at radius 2 is 1.68 bits per heavy atom. The fourth-order valence-electron chi connectivity index (χ4n) is 2.53. The van der Waals surface area contributed by atoms with E-state index >= 15 is 0 Å². The Morgan fingerprint density at radius 1 is 0.920 bits per heavy atom. The van der Waals surface area contributed by atoms with Gasteiger partial charge in [0.2, 0.25) is 0 Å². The summed E-state index contributed by atoms with van der Waals surface area (Å²) < 4.78 is 2.14. The van der Waals surface area contributed by atoms with Crippen molar-refractivity contribution < 1.29 is 0 Å². The van der Waals surface area contributed by atoms with Crippen LogP contribution < -0.4 is 0 Å². The Bertz CT molecular complexity index is 820. The number of rotatable bonds is 4. The smallest absolute Gasteiger partial charge is 0.0478 e. The lowest BCUT2D eigenvalue weighted by Crippen LogP contribution is -1.83. The summed E-state index contributed by atoms with van der Waals surface area (Å²) in [7, 11) is 2.07. The van der Waals surface area contributed by atoms with E-state index in [9.17, 15) is 0 Å². The van der Waals surface area contributed by atoms with Crippen LogP contribution in [-0.2, 0) is 7.05 Å². The first-order valence-corrected chi connectivity index (χ1v) is 9.05. The van der Waals surface area contributed by atoms with Crippen molar-refractivity contribution in [3.05, 3.63) is 84.1 Å². The van der Waals surface area contributed by atoms with E-state index in [1.54, 1.807) is 0 Å². The van der Waals surface area contributed by atoms with E-state index in [-0.39, 0.29) is 0 Å². The Hall–Kier alpha value is -2.54. The van der Waals surface area contributed by atoms with Crippen LogP contribution in [0.4, 0.5) is 0 Å². The summed E-state index contributed by atoms with van der Waals surface area (Å²) in [6, 6.07) is 19.1. The predicted octanol–water partition coefficient (Wildman–Crippen LogP) is 6.96. The number of aryl methyl sites for hydroxylation is 1. The van der Waals surface area contributed by atoms with Gasteiger partial charge < -0.3 is 4.57 Å². The summed E-state index contributed by atoms with van der Waals surface area (Å²) in [4.78, 5) is 0. The molecule has 0 N–H and O–H groups in total. The van der Waals surface area contributed by atoms with Gasteiger partial charge in [0.25, 0.3) is 0 Å². The van der Waals surface area contributed by atoms with Gasteiger partial charge in [-0.25, -0.2) is 0 Å². The fraction of sp³-hybridized carbons (Fsp3) is 0.250. The van der Waals surface area contributed by atoms with Crippen molar-refractivity contribution in [2.75, 3.05) is 0 Å². The molecule has 0 saturated heterocycles. The molecule has 3 rings (SSSR count). The molecular weight excluding hydrogens is 302 g/mol. The molecule has 25 heavy (non-hydrogen) atoms. The van der Waals surface area contributed by atoms with Gasteiger partial charge in [-0.1, -0.05) is 81.5 Å². The lowest BCUT2D eigenvalue weighted by atomic mass is 10.1. The minimum absolute atomic E-state index is 0.634. The Labute approximate surface area is 152 Å². The van der Waals surface area contributed by atoms with Gasteiger partial charge in [-0.2, -0.15) is 0 Å². The molecule has 0 bridgehead atoms. The van der Waals surface area contributed by atoms with Crippen molar-refractivity contribution in [1.29, 1.82) is 0 Å². The topological polar surface area (TPSA) is 4.93 Å². The average Bonchev–Trinajstić information content (AvgIpc) is 3.00. The molecule has 0 radical (unpaired) electrons. The number of aromatic nitrogens is 1. The first kappa shape index (κ1) is 18.8. The molecule has 3 aromatic rings. The first-order valence-electron chi connectivity index (χ1n) is 9.05. The first-order chi connectivity index (χ1) is 12.1. The van der Waals surface area contributed by atoms with E-state index in [0.29, 0.717) is 5.92 Å². The van der Waals surface area contributed by atoms with Crippen molar-refractivity contribution in [2.24, 2.45) is 13.0 Å². The highest BCUT2D eigenvalue weighted by Crippen LogP contribution is 2.17. The van der Waals surface area contributed by atoms with Crippen molar-refractivity contribution in [3.63, 3.8) is 0 Å². The third-order valence-electron chi connectivity index (χ3n) is 3.93. The lowest BCUT2D eigenvalue weighted by molar-refractivity contribution is 0.836. The summed E-state index contributed by atoms with van der Waals surface area (Å²) in [5.74, 6) is 0.634. The molecule has 0 aliphatic carbocycles. The van der Waals surface area contributed by atoms with Gasteiger partial charge in [0.05, 0.1) is 0 Å². The summed E-state index contributed by atoms with van der Waals surface area (Å²) in [5.41, 5.74) is 3.85. The van der Waals surface area contributed by atoms with Crippen LogP contribution in [0.5, 0.6) is 0 Å². The van der Waals surface area contributed by atoms with Crippen molar-refractivity contribution in [3.8, 4) is 0 Å². The van der Waals surface area contributed by atoms with Gasteiger partial charge in [-0.05, 0) is 41.7 Å². The number of hydrogen-bond donors (Lipinski definition) is 0.